The van der Waals surface area contributed by atoms with Crippen molar-refractivity contribution in [2.75, 3.05) is 0 Å². The molecule has 30 heavy (non-hydrogen) atoms. The fourth-order valence-electron chi connectivity index (χ4n) is 9.13. The molecule has 5 nitrogen and oxygen atoms in total. The van der Waals surface area contributed by atoms with Gasteiger partial charge in [-0.25, -0.2) is 0 Å². The Labute approximate surface area is 181 Å². The molecule has 0 aromatic rings. The summed E-state index contributed by atoms with van der Waals surface area (Å²) in [5.74, 6) is 0.572. The topological polar surface area (TPSA) is 98.0 Å². The molecule has 11 atom stereocenters. The number of carboxylic acids is 1. The van der Waals surface area contributed by atoms with Gasteiger partial charge >= 0.3 is 5.97 Å². The summed E-state index contributed by atoms with van der Waals surface area (Å²) >= 11 is 0. The molecule has 4 saturated carbocycles. The first-order valence-corrected chi connectivity index (χ1v) is 12.2. The van der Waals surface area contributed by atoms with E-state index in [1.54, 1.807) is 0 Å². The Kier molecular flexibility index (Phi) is 5.60. The lowest BCUT2D eigenvalue weighted by Crippen LogP contribution is -2.65. The third-order valence-corrected chi connectivity index (χ3v) is 11.0. The maximum absolute atomic E-state index is 11.6. The number of carboxylic acid groups (broad SMARTS) is 1. The Bertz CT molecular complexity index is 680. The second kappa shape index (κ2) is 7.45. The van der Waals surface area contributed by atoms with E-state index in [1.165, 1.54) is 0 Å². The molecule has 4 rings (SSSR count). The molecule has 4 aliphatic carbocycles. The summed E-state index contributed by atoms with van der Waals surface area (Å²) < 4.78 is 0. The van der Waals surface area contributed by atoms with Crippen LogP contribution in [0.5, 0.6) is 0 Å². The fourth-order valence-corrected chi connectivity index (χ4v) is 9.13. The quantitative estimate of drug-likeness (QED) is 0.552. The van der Waals surface area contributed by atoms with Crippen LogP contribution in [0.4, 0.5) is 0 Å². The van der Waals surface area contributed by atoms with Crippen LogP contribution in [0.1, 0.15) is 85.5 Å². The zero-order chi connectivity index (χ0) is 22.1. The second-order valence-corrected chi connectivity index (χ2v) is 12.1. The molecule has 4 fully saturated rings. The lowest BCUT2D eigenvalue weighted by atomic mass is 9.39. The zero-order valence-electron chi connectivity index (χ0n) is 19.2. The summed E-state index contributed by atoms with van der Waals surface area (Å²) in [5, 5.41) is 42.5. The predicted octanol–water partition coefficient (Wildman–Crippen LogP) is 3.84. The molecule has 0 bridgehead atoms. The molecule has 172 valence electrons. The maximum Gasteiger partial charge on any atom is 0.303 e. The number of rotatable bonds is 4. The van der Waals surface area contributed by atoms with Gasteiger partial charge in [0.1, 0.15) is 0 Å². The monoisotopic (exact) mass is 422 g/mol. The van der Waals surface area contributed by atoms with Gasteiger partial charge in [-0.05, 0) is 97.2 Å². The van der Waals surface area contributed by atoms with E-state index in [0.717, 1.165) is 44.9 Å². The van der Waals surface area contributed by atoms with E-state index in [4.69, 9.17) is 5.11 Å². The average Bonchev–Trinajstić information content (AvgIpc) is 3.00. The SMILES string of the molecule is C[C@H](CCC(=O)O)[C@H]1CC[C@H]2[C@@H]3[C@H](O)CC4(C)C[C@H](O)CC[C@]4(C)[C@H]3C[C@H](O)[C@]12C. The first-order valence-electron chi connectivity index (χ1n) is 12.2. The summed E-state index contributed by atoms with van der Waals surface area (Å²) in [6, 6.07) is 0. The molecule has 0 heterocycles. The molecular formula is C25H42O5. The van der Waals surface area contributed by atoms with Gasteiger partial charge in [0, 0.05) is 6.42 Å². The summed E-state index contributed by atoms with van der Waals surface area (Å²) in [4.78, 5) is 11.1. The van der Waals surface area contributed by atoms with Crippen LogP contribution in [0.25, 0.3) is 0 Å². The number of fused-ring (bicyclic) bond motifs is 5. The highest BCUT2D eigenvalue weighted by Gasteiger charge is 2.68. The van der Waals surface area contributed by atoms with Crippen molar-refractivity contribution in [1.29, 1.82) is 0 Å². The van der Waals surface area contributed by atoms with Crippen LogP contribution in [0.3, 0.4) is 0 Å². The number of aliphatic hydroxyl groups is 3. The Balaban J connectivity index is 1.64. The summed E-state index contributed by atoms with van der Waals surface area (Å²) in [5.41, 5.74) is -0.310. The minimum atomic E-state index is -0.750. The van der Waals surface area contributed by atoms with Crippen molar-refractivity contribution < 1.29 is 25.2 Å². The number of hydrogen-bond acceptors (Lipinski definition) is 4. The summed E-state index contributed by atoms with van der Waals surface area (Å²) in [7, 11) is 0. The first-order chi connectivity index (χ1) is 13.9. The number of hydrogen-bond donors (Lipinski definition) is 4. The molecule has 0 aromatic heterocycles. The van der Waals surface area contributed by atoms with E-state index in [1.807, 2.05) is 0 Å². The molecule has 0 spiro atoms. The smallest absolute Gasteiger partial charge is 0.303 e. The van der Waals surface area contributed by atoms with Crippen LogP contribution in [0, 0.1) is 45.8 Å². The summed E-state index contributed by atoms with van der Waals surface area (Å²) in [6.45, 7) is 8.99. The van der Waals surface area contributed by atoms with E-state index in [0.29, 0.717) is 12.3 Å². The Morgan fingerprint density at radius 1 is 1.03 bits per heavy atom. The van der Waals surface area contributed by atoms with Crippen LogP contribution in [0.15, 0.2) is 0 Å². The Morgan fingerprint density at radius 3 is 2.40 bits per heavy atom. The largest absolute Gasteiger partial charge is 0.481 e. The fraction of sp³-hybridized carbons (Fsp3) is 0.960. The van der Waals surface area contributed by atoms with Crippen molar-refractivity contribution in [3.63, 3.8) is 0 Å². The van der Waals surface area contributed by atoms with Crippen LogP contribution < -0.4 is 0 Å². The maximum atomic E-state index is 11.6. The molecule has 0 aliphatic heterocycles. The van der Waals surface area contributed by atoms with Crippen molar-refractivity contribution >= 4 is 5.97 Å². The van der Waals surface area contributed by atoms with E-state index in [-0.39, 0.29) is 58.5 Å². The number of aliphatic carboxylic acids is 1. The molecular weight excluding hydrogens is 380 g/mol. The first kappa shape index (κ1) is 22.5. The van der Waals surface area contributed by atoms with Crippen LogP contribution in [0.2, 0.25) is 0 Å². The Morgan fingerprint density at radius 2 is 1.73 bits per heavy atom. The third-order valence-electron chi connectivity index (χ3n) is 11.0. The van der Waals surface area contributed by atoms with Gasteiger partial charge in [-0.3, -0.25) is 4.79 Å². The number of carbonyl (C=O) groups is 1. The normalized spacial score (nSPS) is 54.0. The number of aliphatic hydroxyl groups excluding tert-OH is 3. The van der Waals surface area contributed by atoms with Gasteiger partial charge in [-0.15, -0.1) is 0 Å². The van der Waals surface area contributed by atoms with E-state index in [9.17, 15) is 20.1 Å². The predicted molar refractivity (Wildman–Crippen MR) is 115 cm³/mol. The van der Waals surface area contributed by atoms with Gasteiger partial charge in [0.2, 0.25) is 0 Å². The highest BCUT2D eigenvalue weighted by atomic mass is 16.4. The molecule has 1 unspecified atom stereocenters. The second-order valence-electron chi connectivity index (χ2n) is 12.1. The molecule has 0 aromatic carbocycles. The van der Waals surface area contributed by atoms with Gasteiger partial charge in [0.15, 0.2) is 0 Å². The minimum Gasteiger partial charge on any atom is -0.481 e. The standard InChI is InChI=1S/C25H42O5/c1-14(5-8-21(29)30)16-6-7-17-22-18(11-20(28)25(16,17)4)24(3)10-9-15(26)12-23(24,2)13-19(22)27/h14-20,22,26-28H,5-13H2,1-4H3,(H,29,30)/t14-,15-,16-,17+,18+,19-,20+,22+,23?,24-,25-/m1/s1. The van der Waals surface area contributed by atoms with E-state index < -0.39 is 12.1 Å². The zero-order valence-corrected chi connectivity index (χ0v) is 19.2. The van der Waals surface area contributed by atoms with Crippen LogP contribution >= 0.6 is 0 Å². The third kappa shape index (κ3) is 3.09. The van der Waals surface area contributed by atoms with Gasteiger partial charge in [0.25, 0.3) is 0 Å². The highest BCUT2D eigenvalue weighted by molar-refractivity contribution is 5.66. The van der Waals surface area contributed by atoms with Gasteiger partial charge in [0.05, 0.1) is 18.3 Å². The average molecular weight is 423 g/mol. The van der Waals surface area contributed by atoms with Gasteiger partial charge < -0.3 is 20.4 Å². The highest BCUT2D eigenvalue weighted by Crippen LogP contribution is 2.71. The molecule has 4 aliphatic rings. The Hall–Kier alpha value is -0.650. The molecule has 0 amide bonds. The van der Waals surface area contributed by atoms with Crippen molar-refractivity contribution in [3.8, 4) is 0 Å². The molecule has 5 heteroatoms. The van der Waals surface area contributed by atoms with Gasteiger partial charge in [-0.2, -0.15) is 0 Å². The van der Waals surface area contributed by atoms with Crippen molar-refractivity contribution in [1.82, 2.24) is 0 Å². The summed E-state index contributed by atoms with van der Waals surface area (Å²) in [6.07, 6.45) is 5.78. The molecule has 4 N–H and O–H groups in total. The van der Waals surface area contributed by atoms with Crippen LogP contribution in [-0.4, -0.2) is 44.7 Å². The molecule has 0 saturated heterocycles. The van der Waals surface area contributed by atoms with Crippen LogP contribution in [-0.2, 0) is 4.79 Å². The minimum absolute atomic E-state index is 0.0332. The lowest BCUT2D eigenvalue weighted by molar-refractivity contribution is -0.233. The van der Waals surface area contributed by atoms with E-state index >= 15 is 0 Å². The van der Waals surface area contributed by atoms with Gasteiger partial charge in [-0.1, -0.05) is 27.7 Å². The van der Waals surface area contributed by atoms with Crippen molar-refractivity contribution in [3.05, 3.63) is 0 Å². The van der Waals surface area contributed by atoms with Crippen molar-refractivity contribution in [2.45, 2.75) is 104 Å². The van der Waals surface area contributed by atoms with Crippen molar-refractivity contribution in [2.24, 2.45) is 45.8 Å². The molecule has 0 radical (unpaired) electrons. The van der Waals surface area contributed by atoms with E-state index in [2.05, 4.69) is 27.7 Å². The lowest BCUT2D eigenvalue weighted by Gasteiger charge is -2.67.